The van der Waals surface area contributed by atoms with Crippen molar-refractivity contribution in [2.45, 2.75) is 58.2 Å². The maximum absolute atomic E-state index is 14.0. The molecule has 10 nitrogen and oxygen atoms in total. The molecule has 1 atom stereocenters. The van der Waals surface area contributed by atoms with Gasteiger partial charge in [0.2, 0.25) is 11.9 Å². The summed E-state index contributed by atoms with van der Waals surface area (Å²) in [7, 11) is 4.68. The summed E-state index contributed by atoms with van der Waals surface area (Å²) in [5.74, 6) is 6.68. The predicted molar refractivity (Wildman–Crippen MR) is 143 cm³/mol. The van der Waals surface area contributed by atoms with Gasteiger partial charge in [-0.1, -0.05) is 11.8 Å². The molecule has 2 amide bonds. The number of hydrogen-bond donors (Lipinski definition) is 3. The van der Waals surface area contributed by atoms with E-state index in [0.717, 1.165) is 0 Å². The third kappa shape index (κ3) is 7.47. The molecule has 3 N–H and O–H groups in total. The van der Waals surface area contributed by atoms with Gasteiger partial charge in [0, 0.05) is 37.8 Å². The van der Waals surface area contributed by atoms with E-state index in [0.29, 0.717) is 35.9 Å². The second-order valence-electron chi connectivity index (χ2n) is 10.1. The summed E-state index contributed by atoms with van der Waals surface area (Å²) in [6.07, 6.45) is 2.47. The number of anilines is 3. The summed E-state index contributed by atoms with van der Waals surface area (Å²) in [4.78, 5) is 34.8. The van der Waals surface area contributed by atoms with Crippen LogP contribution in [0.1, 0.15) is 46.1 Å². The van der Waals surface area contributed by atoms with Crippen LogP contribution in [0.4, 0.5) is 26.6 Å². The molecule has 0 saturated heterocycles. The fraction of sp³-hybridized carbons (Fsp3) is 0.481. The van der Waals surface area contributed by atoms with Gasteiger partial charge in [0.1, 0.15) is 17.5 Å². The molecule has 204 valence electrons. The molecule has 0 unspecified atom stereocenters. The Morgan fingerprint density at radius 1 is 1.26 bits per heavy atom. The molecule has 1 saturated carbocycles. The molecule has 1 aliphatic rings. The lowest BCUT2D eigenvalue weighted by Crippen LogP contribution is -2.52. The van der Waals surface area contributed by atoms with Crippen LogP contribution in [-0.2, 0) is 9.53 Å². The van der Waals surface area contributed by atoms with E-state index in [4.69, 9.17) is 9.47 Å². The quantitative estimate of drug-likeness (QED) is 0.465. The Balaban J connectivity index is 1.53. The number of likely N-dealkylation sites (N-methyl/N-ethyl adjacent to an activating group) is 1. The van der Waals surface area contributed by atoms with Gasteiger partial charge in [-0.05, 0) is 52.7 Å². The van der Waals surface area contributed by atoms with Gasteiger partial charge in [0.05, 0.1) is 18.9 Å². The number of ether oxygens (including phenoxy) is 2. The standard InChI is InChI=1S/C27H35FN6O4/c1-16(34(6)26(36)38-27(2,3)4)24(35)31-20-12-17(13-20)8-9-18-15-30-25(33-23(18)29-5)32-19-10-11-22(37-7)21(28)14-19/h10-11,14-17,20H,12-13H2,1-7H3,(H,31,35)(H2,29,30,32,33)/t16-,17?,20?/m0/s1. The van der Waals surface area contributed by atoms with Crippen LogP contribution < -0.4 is 20.7 Å². The van der Waals surface area contributed by atoms with Crippen molar-refractivity contribution in [2.24, 2.45) is 5.92 Å². The molecule has 0 aliphatic heterocycles. The summed E-state index contributed by atoms with van der Waals surface area (Å²) >= 11 is 0. The number of nitrogens with zero attached hydrogens (tertiary/aromatic N) is 3. The number of aromatic nitrogens is 2. The molecule has 1 aromatic heterocycles. The number of carbonyl (C=O) groups is 2. The van der Waals surface area contributed by atoms with E-state index >= 15 is 0 Å². The number of rotatable bonds is 7. The SMILES string of the molecule is CNc1nc(Nc2ccc(OC)c(F)c2)ncc1C#CC1CC(NC(=O)[C@H](C)N(C)C(=O)OC(C)(C)C)C1. The lowest BCUT2D eigenvalue weighted by molar-refractivity contribution is -0.126. The van der Waals surface area contributed by atoms with Crippen molar-refractivity contribution in [3.8, 4) is 17.6 Å². The number of hydrogen-bond acceptors (Lipinski definition) is 8. The molecule has 0 radical (unpaired) electrons. The van der Waals surface area contributed by atoms with Gasteiger partial charge in [-0.25, -0.2) is 14.2 Å². The van der Waals surface area contributed by atoms with Gasteiger partial charge in [-0.2, -0.15) is 4.98 Å². The second kappa shape index (κ2) is 12.0. The maximum Gasteiger partial charge on any atom is 0.410 e. The second-order valence-corrected chi connectivity index (χ2v) is 10.1. The summed E-state index contributed by atoms with van der Waals surface area (Å²) in [5.41, 5.74) is 0.476. The van der Waals surface area contributed by atoms with Crippen LogP contribution in [0.5, 0.6) is 5.75 Å². The van der Waals surface area contributed by atoms with Crippen molar-refractivity contribution in [2.75, 3.05) is 31.8 Å². The highest BCUT2D eigenvalue weighted by atomic mass is 19.1. The Bertz CT molecular complexity index is 1230. The summed E-state index contributed by atoms with van der Waals surface area (Å²) in [6.45, 7) is 7.00. The van der Waals surface area contributed by atoms with Crippen molar-refractivity contribution in [3.63, 3.8) is 0 Å². The van der Waals surface area contributed by atoms with E-state index in [-0.39, 0.29) is 23.6 Å². The molecule has 38 heavy (non-hydrogen) atoms. The van der Waals surface area contributed by atoms with Crippen LogP contribution in [0.25, 0.3) is 0 Å². The Morgan fingerprint density at radius 3 is 2.58 bits per heavy atom. The number of methoxy groups -OCH3 is 1. The first-order chi connectivity index (χ1) is 17.9. The van der Waals surface area contributed by atoms with Gasteiger partial charge < -0.3 is 25.4 Å². The highest BCUT2D eigenvalue weighted by Crippen LogP contribution is 2.27. The fourth-order valence-electron chi connectivity index (χ4n) is 3.62. The number of benzene rings is 1. The molecule has 2 aromatic rings. The molecular weight excluding hydrogens is 491 g/mol. The van der Waals surface area contributed by atoms with Crippen molar-refractivity contribution in [1.29, 1.82) is 0 Å². The summed E-state index contributed by atoms with van der Waals surface area (Å²) in [5, 5.41) is 8.94. The topological polar surface area (TPSA) is 118 Å². The van der Waals surface area contributed by atoms with Crippen LogP contribution >= 0.6 is 0 Å². The summed E-state index contributed by atoms with van der Waals surface area (Å²) in [6, 6.07) is 3.82. The zero-order valence-corrected chi connectivity index (χ0v) is 22.8. The first-order valence-electron chi connectivity index (χ1n) is 12.3. The molecular formula is C27H35FN6O4. The minimum atomic E-state index is -0.660. The molecule has 1 heterocycles. The number of halogens is 1. The van der Waals surface area contributed by atoms with Crippen molar-refractivity contribution in [3.05, 3.63) is 35.8 Å². The Labute approximate surface area is 222 Å². The van der Waals surface area contributed by atoms with Gasteiger partial charge >= 0.3 is 6.09 Å². The summed E-state index contributed by atoms with van der Waals surface area (Å²) < 4.78 is 24.2. The van der Waals surface area contributed by atoms with Crippen molar-refractivity contribution < 1.29 is 23.5 Å². The predicted octanol–water partition coefficient (Wildman–Crippen LogP) is 3.91. The third-order valence-electron chi connectivity index (χ3n) is 5.97. The lowest BCUT2D eigenvalue weighted by Gasteiger charge is -2.34. The lowest BCUT2D eigenvalue weighted by atomic mass is 9.80. The van der Waals surface area contributed by atoms with Gasteiger partial charge in [-0.15, -0.1) is 0 Å². The van der Waals surface area contributed by atoms with E-state index in [1.165, 1.54) is 24.1 Å². The molecule has 1 fully saturated rings. The van der Waals surface area contributed by atoms with Crippen LogP contribution in [0.15, 0.2) is 24.4 Å². The van der Waals surface area contributed by atoms with E-state index in [1.54, 1.807) is 54.1 Å². The van der Waals surface area contributed by atoms with Crippen molar-refractivity contribution >= 4 is 29.5 Å². The van der Waals surface area contributed by atoms with E-state index in [9.17, 15) is 14.0 Å². The van der Waals surface area contributed by atoms with Gasteiger partial charge in [-0.3, -0.25) is 9.69 Å². The zero-order chi connectivity index (χ0) is 28.0. The highest BCUT2D eigenvalue weighted by Gasteiger charge is 2.33. The Hall–Kier alpha value is -4.07. The van der Waals surface area contributed by atoms with Gasteiger partial charge in [0.15, 0.2) is 11.6 Å². The number of amides is 2. The molecule has 1 aromatic carbocycles. The molecule has 0 spiro atoms. The maximum atomic E-state index is 14.0. The zero-order valence-electron chi connectivity index (χ0n) is 22.8. The van der Waals surface area contributed by atoms with E-state index in [1.807, 2.05) is 0 Å². The highest BCUT2D eigenvalue weighted by molar-refractivity contribution is 5.85. The van der Waals surface area contributed by atoms with Crippen LogP contribution in [-0.4, -0.2) is 65.8 Å². The van der Waals surface area contributed by atoms with Gasteiger partial charge in [0.25, 0.3) is 0 Å². The number of nitrogens with one attached hydrogen (secondary N) is 3. The Morgan fingerprint density at radius 2 is 1.97 bits per heavy atom. The molecule has 11 heteroatoms. The monoisotopic (exact) mass is 526 g/mol. The Kier molecular flexibility index (Phi) is 8.99. The van der Waals surface area contributed by atoms with Crippen LogP contribution in [0.3, 0.4) is 0 Å². The molecule has 3 rings (SSSR count). The van der Waals surface area contributed by atoms with Crippen LogP contribution in [0, 0.1) is 23.6 Å². The average Bonchev–Trinajstić information content (AvgIpc) is 2.83. The normalized spacial score (nSPS) is 17.2. The molecule has 1 aliphatic carbocycles. The minimum absolute atomic E-state index is 0.00669. The first kappa shape index (κ1) is 28.5. The van der Waals surface area contributed by atoms with Crippen LogP contribution in [0.2, 0.25) is 0 Å². The largest absolute Gasteiger partial charge is 0.494 e. The third-order valence-corrected chi connectivity index (χ3v) is 5.97. The smallest absolute Gasteiger partial charge is 0.410 e. The number of carbonyl (C=O) groups excluding carboxylic acids is 2. The van der Waals surface area contributed by atoms with E-state index < -0.39 is 23.6 Å². The average molecular weight is 527 g/mol. The van der Waals surface area contributed by atoms with Crippen molar-refractivity contribution in [1.82, 2.24) is 20.2 Å². The first-order valence-corrected chi connectivity index (χ1v) is 12.3. The fourth-order valence-corrected chi connectivity index (χ4v) is 3.62. The van der Waals surface area contributed by atoms with E-state index in [2.05, 4.69) is 37.8 Å². The minimum Gasteiger partial charge on any atom is -0.494 e. The molecule has 0 bridgehead atoms.